The van der Waals surface area contributed by atoms with E-state index in [1.54, 1.807) is 0 Å². The van der Waals surface area contributed by atoms with Gasteiger partial charge >= 0.3 is 5.97 Å². The Kier molecular flexibility index (Phi) is 6.99. The first-order chi connectivity index (χ1) is 15.4. The number of ketones is 1. The molecule has 0 unspecified atom stereocenters. The number of carbonyl (C=O) groups excluding carboxylic acids is 2. The molecule has 4 aliphatic rings. The van der Waals surface area contributed by atoms with Crippen LogP contribution in [-0.2, 0) is 18.8 Å². The van der Waals surface area contributed by atoms with E-state index in [-0.39, 0.29) is 17.3 Å². The van der Waals surface area contributed by atoms with Gasteiger partial charge in [0.1, 0.15) is 5.78 Å². The van der Waals surface area contributed by atoms with Crippen LogP contribution in [0.2, 0.25) is 19.6 Å². The van der Waals surface area contributed by atoms with Crippen molar-refractivity contribution in [3.63, 3.8) is 0 Å². The fraction of sp³-hybridized carbons (Fsp3) is 0.929. The number of esters is 1. The van der Waals surface area contributed by atoms with Gasteiger partial charge < -0.3 is 9.16 Å². The molecular weight excluding hydrogens is 428 g/mol. The van der Waals surface area contributed by atoms with Crippen LogP contribution in [0, 0.1) is 46.3 Å². The van der Waals surface area contributed by atoms with Gasteiger partial charge in [-0.25, -0.2) is 0 Å². The number of Topliss-reactive ketones (excluding diaryl/α,β-unsaturated/α-hetero) is 1. The molecule has 0 aliphatic heterocycles. The van der Waals surface area contributed by atoms with Crippen LogP contribution in [0.1, 0.15) is 85.0 Å². The molecule has 188 valence electrons. The Morgan fingerprint density at radius 1 is 1.06 bits per heavy atom. The van der Waals surface area contributed by atoms with Crippen LogP contribution in [0.4, 0.5) is 0 Å². The summed E-state index contributed by atoms with van der Waals surface area (Å²) >= 11 is 0. The fourth-order valence-electron chi connectivity index (χ4n) is 9.12. The van der Waals surface area contributed by atoms with Crippen LogP contribution >= 0.6 is 0 Å². The lowest BCUT2D eigenvalue weighted by atomic mass is 9.44. The summed E-state index contributed by atoms with van der Waals surface area (Å²) in [5, 5.41) is 0. The molecule has 0 bridgehead atoms. The molecule has 0 spiro atoms. The van der Waals surface area contributed by atoms with Crippen molar-refractivity contribution in [1.29, 1.82) is 0 Å². The number of fused-ring (bicyclic) bond motifs is 5. The molecule has 4 nitrogen and oxygen atoms in total. The van der Waals surface area contributed by atoms with Crippen molar-refractivity contribution in [3.05, 3.63) is 0 Å². The third-order valence-corrected chi connectivity index (χ3v) is 11.8. The van der Waals surface area contributed by atoms with Gasteiger partial charge in [-0.2, -0.15) is 0 Å². The largest absolute Gasteiger partial charge is 0.469 e. The molecule has 4 aliphatic carbocycles. The summed E-state index contributed by atoms with van der Waals surface area (Å²) in [6.45, 7) is 14.2. The predicted octanol–water partition coefficient (Wildman–Crippen LogP) is 6.63. The first-order valence-corrected chi connectivity index (χ1v) is 17.1. The average molecular weight is 477 g/mol. The second kappa shape index (κ2) is 9.08. The zero-order valence-corrected chi connectivity index (χ0v) is 23.2. The zero-order chi connectivity index (χ0) is 24.2. The topological polar surface area (TPSA) is 52.6 Å². The van der Waals surface area contributed by atoms with Crippen LogP contribution in [0.3, 0.4) is 0 Å². The third-order valence-electron chi connectivity index (χ3n) is 10.7. The highest BCUT2D eigenvalue weighted by molar-refractivity contribution is 6.69. The average Bonchev–Trinajstić information content (AvgIpc) is 3.09. The Labute approximate surface area is 203 Å². The lowest BCUT2D eigenvalue weighted by Gasteiger charge is -2.60. The van der Waals surface area contributed by atoms with Gasteiger partial charge in [0, 0.05) is 24.9 Å². The van der Waals surface area contributed by atoms with Crippen LogP contribution in [-0.4, -0.2) is 33.3 Å². The minimum absolute atomic E-state index is 0.0969. The minimum Gasteiger partial charge on any atom is -0.469 e. The Balaban J connectivity index is 1.49. The molecule has 0 amide bonds. The van der Waals surface area contributed by atoms with E-state index < -0.39 is 8.32 Å². The number of ether oxygens (including phenoxy) is 1. The van der Waals surface area contributed by atoms with Gasteiger partial charge in [-0.15, -0.1) is 0 Å². The van der Waals surface area contributed by atoms with Gasteiger partial charge in [-0.1, -0.05) is 20.8 Å². The van der Waals surface area contributed by atoms with E-state index >= 15 is 0 Å². The second-order valence-corrected chi connectivity index (χ2v) is 18.0. The molecule has 33 heavy (non-hydrogen) atoms. The van der Waals surface area contributed by atoms with E-state index in [2.05, 4.69) is 40.4 Å². The van der Waals surface area contributed by atoms with Gasteiger partial charge in [-0.3, -0.25) is 9.59 Å². The molecule has 4 rings (SSSR count). The van der Waals surface area contributed by atoms with Crippen molar-refractivity contribution < 1.29 is 18.8 Å². The number of hydrogen-bond donors (Lipinski definition) is 0. The Morgan fingerprint density at radius 3 is 2.39 bits per heavy atom. The monoisotopic (exact) mass is 476 g/mol. The number of methoxy groups -OCH3 is 1. The highest BCUT2D eigenvalue weighted by Crippen LogP contribution is 2.67. The van der Waals surface area contributed by atoms with Crippen molar-refractivity contribution in [2.24, 2.45) is 46.3 Å². The van der Waals surface area contributed by atoms with Crippen LogP contribution in [0.5, 0.6) is 0 Å². The molecule has 4 fully saturated rings. The highest BCUT2D eigenvalue weighted by Gasteiger charge is 2.63. The van der Waals surface area contributed by atoms with Gasteiger partial charge in [-0.05, 0) is 111 Å². The molecule has 0 saturated heterocycles. The molecule has 0 aromatic carbocycles. The molecule has 0 heterocycles. The van der Waals surface area contributed by atoms with Gasteiger partial charge in [0.05, 0.1) is 7.11 Å². The number of carbonyl (C=O) groups is 2. The van der Waals surface area contributed by atoms with E-state index in [1.807, 2.05) is 0 Å². The summed E-state index contributed by atoms with van der Waals surface area (Å²) in [5.74, 6) is 3.44. The van der Waals surface area contributed by atoms with E-state index in [1.165, 1.54) is 45.6 Å². The summed E-state index contributed by atoms with van der Waals surface area (Å²) in [5.41, 5.74) is 0.543. The second-order valence-electron chi connectivity index (χ2n) is 13.6. The first-order valence-electron chi connectivity index (χ1n) is 13.7. The fourth-order valence-corrected chi connectivity index (χ4v) is 10.3. The Morgan fingerprint density at radius 2 is 1.73 bits per heavy atom. The lowest BCUT2D eigenvalue weighted by molar-refractivity contribution is -0.160. The van der Waals surface area contributed by atoms with Crippen molar-refractivity contribution in [2.75, 3.05) is 7.11 Å². The summed E-state index contributed by atoms with van der Waals surface area (Å²) in [4.78, 5) is 25.5. The van der Waals surface area contributed by atoms with Gasteiger partial charge in [0.15, 0.2) is 8.32 Å². The molecule has 5 heteroatoms. The van der Waals surface area contributed by atoms with Crippen molar-refractivity contribution >= 4 is 20.1 Å². The third kappa shape index (κ3) is 4.62. The summed E-state index contributed by atoms with van der Waals surface area (Å²) in [6.07, 6.45) is 10.9. The molecule has 9 atom stereocenters. The molecular formula is C28H48O4Si. The molecule has 0 aromatic heterocycles. The van der Waals surface area contributed by atoms with Crippen molar-refractivity contribution in [2.45, 2.75) is 111 Å². The highest BCUT2D eigenvalue weighted by atomic mass is 28.4. The molecule has 0 N–H and O–H groups in total. The lowest BCUT2D eigenvalue weighted by Crippen LogP contribution is -2.57. The zero-order valence-electron chi connectivity index (χ0n) is 22.2. The standard InChI is InChI=1S/C28H48O4Si/c1-18(8-11-25(30)31-4)21-9-10-22-26-23(13-15-28(21,22)3)27(2)14-12-20(32-33(5,6)7)16-19(27)17-24(26)29/h18-23,26H,8-17H2,1-7H3/t18-,19+,20-,21-,22+,23+,26+,27+,28-/m1/s1. The quantitative estimate of drug-likeness (QED) is 0.319. The SMILES string of the molecule is COC(=O)CC[C@@H](C)[C@H]1CC[C@H]2[C@@H]3C(=O)C[C@@H]4C[C@H](O[Si](C)(C)C)CC[C@]4(C)[C@H]3CC[C@]12C. The van der Waals surface area contributed by atoms with Crippen LogP contribution in [0.15, 0.2) is 0 Å². The van der Waals surface area contributed by atoms with Crippen LogP contribution in [0.25, 0.3) is 0 Å². The van der Waals surface area contributed by atoms with Crippen molar-refractivity contribution in [3.8, 4) is 0 Å². The first kappa shape index (κ1) is 25.4. The van der Waals surface area contributed by atoms with E-state index in [4.69, 9.17) is 9.16 Å². The van der Waals surface area contributed by atoms with Crippen LogP contribution < -0.4 is 0 Å². The maximum absolute atomic E-state index is 13.7. The Bertz CT molecular complexity index is 759. The van der Waals surface area contributed by atoms with E-state index in [0.717, 1.165) is 19.3 Å². The van der Waals surface area contributed by atoms with E-state index in [9.17, 15) is 9.59 Å². The van der Waals surface area contributed by atoms with E-state index in [0.29, 0.717) is 53.3 Å². The number of rotatable bonds is 6. The maximum atomic E-state index is 13.7. The summed E-state index contributed by atoms with van der Waals surface area (Å²) in [6, 6.07) is 0. The summed E-state index contributed by atoms with van der Waals surface area (Å²) < 4.78 is 11.4. The van der Waals surface area contributed by atoms with Gasteiger partial charge in [0.2, 0.25) is 0 Å². The van der Waals surface area contributed by atoms with Gasteiger partial charge in [0.25, 0.3) is 0 Å². The molecule has 4 saturated carbocycles. The smallest absolute Gasteiger partial charge is 0.305 e. The molecule has 0 radical (unpaired) electrons. The Hall–Kier alpha value is -0.683. The molecule has 0 aromatic rings. The maximum Gasteiger partial charge on any atom is 0.305 e. The minimum atomic E-state index is -1.55. The normalized spacial score (nSPS) is 43.9. The number of hydrogen-bond acceptors (Lipinski definition) is 4. The predicted molar refractivity (Wildman–Crippen MR) is 134 cm³/mol. The summed E-state index contributed by atoms with van der Waals surface area (Å²) in [7, 11) is -0.0731. The van der Waals surface area contributed by atoms with Crippen molar-refractivity contribution in [1.82, 2.24) is 0 Å².